The summed E-state index contributed by atoms with van der Waals surface area (Å²) in [6.07, 6.45) is 0. The predicted molar refractivity (Wildman–Crippen MR) is 93.9 cm³/mol. The van der Waals surface area contributed by atoms with Crippen LogP contribution in [0.2, 0.25) is 5.02 Å². The third kappa shape index (κ3) is 4.57. The van der Waals surface area contributed by atoms with Crippen molar-refractivity contribution in [3.05, 3.63) is 59.1 Å². The summed E-state index contributed by atoms with van der Waals surface area (Å²) in [7, 11) is 0. The van der Waals surface area contributed by atoms with Crippen molar-refractivity contribution in [1.82, 2.24) is 0 Å². The minimum atomic E-state index is -0.542. The van der Waals surface area contributed by atoms with Crippen molar-refractivity contribution in [2.24, 2.45) is 5.41 Å². The summed E-state index contributed by atoms with van der Waals surface area (Å²) < 4.78 is 0. The maximum Gasteiger partial charge on any atom is 0.257 e. The van der Waals surface area contributed by atoms with Gasteiger partial charge in [0.1, 0.15) is 0 Å². The van der Waals surface area contributed by atoms with Gasteiger partial charge in [-0.1, -0.05) is 44.5 Å². The van der Waals surface area contributed by atoms with E-state index in [0.717, 1.165) is 0 Å². The molecule has 0 heterocycles. The summed E-state index contributed by atoms with van der Waals surface area (Å²) in [5.41, 5.74) is 0.982. The molecule has 0 unspecified atom stereocenters. The number of amides is 2. The largest absolute Gasteiger partial charge is 0.325 e. The van der Waals surface area contributed by atoms with Crippen molar-refractivity contribution >= 4 is 34.8 Å². The average Bonchev–Trinajstić information content (AvgIpc) is 2.49. The van der Waals surface area contributed by atoms with E-state index < -0.39 is 5.41 Å². The zero-order valence-corrected chi connectivity index (χ0v) is 14.1. The molecule has 2 N–H and O–H groups in total. The molecule has 0 bridgehead atoms. The van der Waals surface area contributed by atoms with Gasteiger partial charge in [0.15, 0.2) is 0 Å². The maximum atomic E-state index is 12.5. The highest BCUT2D eigenvalue weighted by Gasteiger charge is 2.23. The van der Waals surface area contributed by atoms with Crippen LogP contribution in [-0.4, -0.2) is 11.8 Å². The van der Waals surface area contributed by atoms with Gasteiger partial charge in [0.2, 0.25) is 5.91 Å². The highest BCUT2D eigenvalue weighted by molar-refractivity contribution is 6.30. The van der Waals surface area contributed by atoms with E-state index in [1.165, 1.54) is 0 Å². The second-order valence-corrected chi connectivity index (χ2v) is 6.65. The second-order valence-electron chi connectivity index (χ2n) is 6.21. The highest BCUT2D eigenvalue weighted by atomic mass is 35.5. The molecule has 0 fully saturated rings. The fourth-order valence-corrected chi connectivity index (χ4v) is 1.96. The normalized spacial score (nSPS) is 11.0. The molecule has 2 amide bonds. The molecule has 0 aliphatic rings. The Hall–Kier alpha value is -2.33. The molecule has 4 nitrogen and oxygen atoms in total. The fraction of sp³-hybridized carbons (Fsp3) is 0.222. The van der Waals surface area contributed by atoms with E-state index in [9.17, 15) is 9.59 Å². The molecular weight excluding hydrogens is 312 g/mol. The number of carbonyl (C=O) groups excluding carboxylic acids is 2. The van der Waals surface area contributed by atoms with Gasteiger partial charge in [-0.25, -0.2) is 0 Å². The molecular formula is C18H19ClN2O2. The monoisotopic (exact) mass is 330 g/mol. The third-order valence-electron chi connectivity index (χ3n) is 3.20. The van der Waals surface area contributed by atoms with Crippen LogP contribution in [-0.2, 0) is 4.79 Å². The molecule has 0 saturated carbocycles. The molecule has 0 spiro atoms. The van der Waals surface area contributed by atoms with E-state index in [-0.39, 0.29) is 11.8 Å². The van der Waals surface area contributed by atoms with Crippen LogP contribution in [0.25, 0.3) is 0 Å². The van der Waals surface area contributed by atoms with Crippen LogP contribution < -0.4 is 10.6 Å². The Balaban J connectivity index is 2.20. The molecule has 23 heavy (non-hydrogen) atoms. The Bertz CT molecular complexity index is 719. The molecule has 2 aromatic carbocycles. The van der Waals surface area contributed by atoms with Gasteiger partial charge in [-0.05, 0) is 36.4 Å². The number of halogens is 1. The molecule has 2 aromatic rings. The van der Waals surface area contributed by atoms with Crippen LogP contribution in [0.3, 0.4) is 0 Å². The average molecular weight is 331 g/mol. The zero-order valence-electron chi connectivity index (χ0n) is 13.3. The van der Waals surface area contributed by atoms with Crippen molar-refractivity contribution in [2.45, 2.75) is 20.8 Å². The quantitative estimate of drug-likeness (QED) is 0.865. The van der Waals surface area contributed by atoms with Crippen molar-refractivity contribution in [3.8, 4) is 0 Å². The Morgan fingerprint density at radius 3 is 2.13 bits per heavy atom. The first kappa shape index (κ1) is 17.0. The first-order valence-corrected chi connectivity index (χ1v) is 7.62. The highest BCUT2D eigenvalue weighted by Crippen LogP contribution is 2.22. The van der Waals surface area contributed by atoms with Crippen molar-refractivity contribution in [3.63, 3.8) is 0 Å². The van der Waals surface area contributed by atoms with E-state index in [1.54, 1.807) is 48.5 Å². The number of benzene rings is 2. The Morgan fingerprint density at radius 2 is 1.52 bits per heavy atom. The number of anilines is 2. The molecule has 2 rings (SSSR count). The van der Waals surface area contributed by atoms with E-state index in [4.69, 9.17) is 11.6 Å². The predicted octanol–water partition coefficient (Wildman–Crippen LogP) is 4.58. The van der Waals surface area contributed by atoms with Gasteiger partial charge in [0.25, 0.3) is 5.91 Å². The number of hydrogen-bond acceptors (Lipinski definition) is 2. The van der Waals surface area contributed by atoms with Crippen LogP contribution in [0.4, 0.5) is 11.4 Å². The summed E-state index contributed by atoms with van der Waals surface area (Å²) in [6.45, 7) is 5.45. The lowest BCUT2D eigenvalue weighted by atomic mass is 9.95. The molecule has 0 aliphatic heterocycles. The van der Waals surface area contributed by atoms with Gasteiger partial charge in [-0.15, -0.1) is 0 Å². The minimum Gasteiger partial charge on any atom is -0.325 e. The summed E-state index contributed by atoms with van der Waals surface area (Å²) in [6, 6.07) is 13.7. The first-order valence-electron chi connectivity index (χ1n) is 7.25. The number of rotatable bonds is 3. The third-order valence-corrected chi connectivity index (χ3v) is 3.46. The van der Waals surface area contributed by atoms with E-state index in [0.29, 0.717) is 22.0 Å². The molecule has 0 atom stereocenters. The van der Waals surface area contributed by atoms with E-state index >= 15 is 0 Å². The standard InChI is InChI=1S/C18H19ClN2O2/c1-18(2,3)17(23)21-15-7-5-4-6-14(15)16(22)20-13-10-8-12(19)9-11-13/h4-11H,1-3H3,(H,20,22)(H,21,23). The van der Waals surface area contributed by atoms with E-state index in [2.05, 4.69) is 10.6 Å². The smallest absolute Gasteiger partial charge is 0.257 e. The van der Waals surface area contributed by atoms with Crippen molar-refractivity contribution in [1.29, 1.82) is 0 Å². The van der Waals surface area contributed by atoms with Crippen molar-refractivity contribution < 1.29 is 9.59 Å². The molecule has 0 saturated heterocycles. The SMILES string of the molecule is CC(C)(C)C(=O)Nc1ccccc1C(=O)Nc1ccc(Cl)cc1. The van der Waals surface area contributed by atoms with Gasteiger partial charge in [-0.3, -0.25) is 9.59 Å². The summed E-state index contributed by atoms with van der Waals surface area (Å²) >= 11 is 5.83. The van der Waals surface area contributed by atoms with Gasteiger partial charge in [0.05, 0.1) is 11.3 Å². The number of nitrogens with one attached hydrogen (secondary N) is 2. The number of hydrogen-bond donors (Lipinski definition) is 2. The fourth-order valence-electron chi connectivity index (χ4n) is 1.83. The summed E-state index contributed by atoms with van der Waals surface area (Å²) in [5.74, 6) is -0.443. The van der Waals surface area contributed by atoms with Crippen LogP contribution >= 0.6 is 11.6 Å². The minimum absolute atomic E-state index is 0.149. The zero-order chi connectivity index (χ0) is 17.0. The Kier molecular flexibility index (Phi) is 5.06. The molecule has 120 valence electrons. The summed E-state index contributed by atoms with van der Waals surface area (Å²) in [5, 5.41) is 6.19. The van der Waals surface area contributed by atoms with Gasteiger partial charge >= 0.3 is 0 Å². The Labute approximate surface area is 140 Å². The number of carbonyl (C=O) groups is 2. The molecule has 0 aromatic heterocycles. The van der Waals surface area contributed by atoms with Crippen LogP contribution in [0.15, 0.2) is 48.5 Å². The lowest BCUT2D eigenvalue weighted by molar-refractivity contribution is -0.123. The molecule has 0 radical (unpaired) electrons. The van der Waals surface area contributed by atoms with Crippen molar-refractivity contribution in [2.75, 3.05) is 10.6 Å². The Morgan fingerprint density at radius 1 is 0.913 bits per heavy atom. The lowest BCUT2D eigenvalue weighted by Gasteiger charge is -2.19. The molecule has 5 heteroatoms. The maximum absolute atomic E-state index is 12.5. The van der Waals surface area contributed by atoms with Gasteiger partial charge < -0.3 is 10.6 Å². The lowest BCUT2D eigenvalue weighted by Crippen LogP contribution is -2.28. The second kappa shape index (κ2) is 6.84. The number of para-hydroxylation sites is 1. The van der Waals surface area contributed by atoms with E-state index in [1.807, 2.05) is 20.8 Å². The van der Waals surface area contributed by atoms with Crippen LogP contribution in [0.5, 0.6) is 0 Å². The van der Waals surface area contributed by atoms with Gasteiger partial charge in [-0.2, -0.15) is 0 Å². The summed E-state index contributed by atoms with van der Waals surface area (Å²) in [4.78, 5) is 24.6. The van der Waals surface area contributed by atoms with Gasteiger partial charge in [0, 0.05) is 16.1 Å². The van der Waals surface area contributed by atoms with Crippen LogP contribution in [0, 0.1) is 5.41 Å². The van der Waals surface area contributed by atoms with Crippen LogP contribution in [0.1, 0.15) is 31.1 Å². The molecule has 0 aliphatic carbocycles. The first-order chi connectivity index (χ1) is 10.8. The topological polar surface area (TPSA) is 58.2 Å².